The quantitative estimate of drug-likeness (QED) is 0.481. The number of rotatable bonds is 0. The summed E-state index contributed by atoms with van der Waals surface area (Å²) in [5, 5.41) is 2.66. The van der Waals surface area contributed by atoms with Crippen molar-refractivity contribution in [3.8, 4) is 0 Å². The third-order valence-corrected chi connectivity index (χ3v) is 2.13. The van der Waals surface area contributed by atoms with E-state index in [4.69, 9.17) is 0 Å². The van der Waals surface area contributed by atoms with Gasteiger partial charge >= 0.3 is 17.1 Å². The molecule has 15 heavy (non-hydrogen) atoms. The van der Waals surface area contributed by atoms with E-state index in [0.29, 0.717) is 0 Å². The van der Waals surface area contributed by atoms with Gasteiger partial charge in [0.1, 0.15) is 0 Å². The van der Waals surface area contributed by atoms with Crippen molar-refractivity contribution >= 4 is 10.8 Å². The van der Waals surface area contributed by atoms with Crippen molar-refractivity contribution in [3.63, 3.8) is 0 Å². The van der Waals surface area contributed by atoms with Crippen LogP contribution in [0.1, 0.15) is 6.42 Å². The Morgan fingerprint density at radius 3 is 2.60 bits per heavy atom. The molecule has 2 aromatic carbocycles. The minimum absolute atomic E-state index is 0. The zero-order valence-corrected chi connectivity index (χ0v) is 9.44. The third-order valence-electron chi connectivity index (χ3n) is 2.13. The van der Waals surface area contributed by atoms with Crippen molar-refractivity contribution in [2.45, 2.75) is 6.42 Å². The molecule has 1 heteroatoms. The average Bonchev–Trinajstić information content (AvgIpc) is 2.92. The van der Waals surface area contributed by atoms with Crippen LogP contribution in [-0.4, -0.2) is 0 Å². The minimum atomic E-state index is 0. The molecule has 0 unspecified atom stereocenters. The first kappa shape index (κ1) is 11.9. The fourth-order valence-corrected chi connectivity index (χ4v) is 1.41. The predicted molar refractivity (Wildman–Crippen MR) is 61.1 cm³/mol. The summed E-state index contributed by atoms with van der Waals surface area (Å²) in [6, 6.07) is 14.7. The number of hydrogen-bond acceptors (Lipinski definition) is 0. The van der Waals surface area contributed by atoms with Crippen LogP contribution in [0, 0.1) is 6.08 Å². The Hall–Kier alpha value is -1.17. The SMILES string of the molecule is [C-]1=CC=CC1.[Fe+2].c1ccc2[cH-]ccc2c1. The van der Waals surface area contributed by atoms with Crippen LogP contribution in [0.3, 0.4) is 0 Å². The molecule has 0 radical (unpaired) electrons. The molecule has 0 saturated carbocycles. The molecule has 2 aromatic rings. The Balaban J connectivity index is 0.000000162. The van der Waals surface area contributed by atoms with Gasteiger partial charge in [0, 0.05) is 0 Å². The van der Waals surface area contributed by atoms with Crippen molar-refractivity contribution in [2.75, 3.05) is 0 Å². The second-order valence-electron chi connectivity index (χ2n) is 3.16. The maximum absolute atomic E-state index is 2.99. The summed E-state index contributed by atoms with van der Waals surface area (Å²) < 4.78 is 0. The van der Waals surface area contributed by atoms with E-state index in [0.717, 1.165) is 6.42 Å². The molecule has 0 aromatic heterocycles. The van der Waals surface area contributed by atoms with E-state index in [9.17, 15) is 0 Å². The van der Waals surface area contributed by atoms with Crippen molar-refractivity contribution in [1.29, 1.82) is 0 Å². The van der Waals surface area contributed by atoms with E-state index in [1.54, 1.807) is 0 Å². The molecule has 0 N–H and O–H groups in total. The molecule has 0 amide bonds. The Morgan fingerprint density at radius 1 is 1.13 bits per heavy atom. The molecule has 0 spiro atoms. The Kier molecular flexibility index (Phi) is 5.03. The third kappa shape index (κ3) is 3.47. The normalized spacial score (nSPS) is 12.0. The zero-order valence-electron chi connectivity index (χ0n) is 8.33. The molecule has 0 fully saturated rings. The van der Waals surface area contributed by atoms with Gasteiger partial charge in [-0.2, -0.15) is 23.6 Å². The van der Waals surface area contributed by atoms with Crippen LogP contribution in [0.25, 0.3) is 10.8 Å². The molecule has 1 aliphatic rings. The van der Waals surface area contributed by atoms with Gasteiger partial charge in [-0.3, -0.25) is 6.08 Å². The molecule has 0 atom stereocenters. The molecule has 1 aliphatic carbocycles. The summed E-state index contributed by atoms with van der Waals surface area (Å²) in [4.78, 5) is 0. The summed E-state index contributed by atoms with van der Waals surface area (Å²) in [6.07, 6.45) is 10.0. The molecule has 0 nitrogen and oxygen atoms in total. The summed E-state index contributed by atoms with van der Waals surface area (Å²) in [6.45, 7) is 0. The number of benzene rings is 1. The largest absolute Gasteiger partial charge is 2.00 e. The van der Waals surface area contributed by atoms with Crippen LogP contribution in [-0.2, 0) is 17.1 Å². The molecular formula is C14H12Fe. The fraction of sp³-hybridized carbons (Fsp3) is 0.0714. The van der Waals surface area contributed by atoms with Gasteiger partial charge in [0.2, 0.25) is 0 Å². The first-order chi connectivity index (χ1) is 6.97. The van der Waals surface area contributed by atoms with Gasteiger partial charge in [-0.1, -0.05) is 6.07 Å². The van der Waals surface area contributed by atoms with Crippen LogP contribution in [0.2, 0.25) is 0 Å². The smallest absolute Gasteiger partial charge is 0.273 e. The van der Waals surface area contributed by atoms with E-state index >= 15 is 0 Å². The second kappa shape index (κ2) is 6.34. The van der Waals surface area contributed by atoms with Gasteiger partial charge < -0.3 is 0 Å². The predicted octanol–water partition coefficient (Wildman–Crippen LogP) is 3.86. The first-order valence-corrected chi connectivity index (χ1v) is 4.79. The number of hydrogen-bond donors (Lipinski definition) is 0. The van der Waals surface area contributed by atoms with E-state index in [1.807, 2.05) is 12.2 Å². The number of allylic oxidation sites excluding steroid dienone is 4. The fourth-order valence-electron chi connectivity index (χ4n) is 1.41. The maximum Gasteiger partial charge on any atom is 2.00 e. The first-order valence-electron chi connectivity index (χ1n) is 4.79. The maximum atomic E-state index is 2.99. The Labute approximate surface area is 101 Å². The van der Waals surface area contributed by atoms with E-state index < -0.39 is 0 Å². The van der Waals surface area contributed by atoms with Crippen molar-refractivity contribution < 1.29 is 17.1 Å². The molecule has 3 rings (SSSR count). The Bertz CT molecular complexity index is 409. The van der Waals surface area contributed by atoms with Crippen molar-refractivity contribution in [3.05, 3.63) is 66.8 Å². The molecule has 0 aliphatic heterocycles. The van der Waals surface area contributed by atoms with Crippen LogP contribution >= 0.6 is 0 Å². The standard InChI is InChI=1S/C9H7.C5H5.Fe/c1-2-5-9-7-3-6-8(9)4-1;1-2-4-5-3-1;/h1-7H;1-3H,4H2;/q2*-1;+2. The topological polar surface area (TPSA) is 0 Å². The Morgan fingerprint density at radius 2 is 2.00 bits per heavy atom. The van der Waals surface area contributed by atoms with E-state index in [-0.39, 0.29) is 17.1 Å². The average molecular weight is 236 g/mol. The zero-order chi connectivity index (χ0) is 9.64. The van der Waals surface area contributed by atoms with Gasteiger partial charge in [0.25, 0.3) is 0 Å². The molecule has 0 heterocycles. The second-order valence-corrected chi connectivity index (χ2v) is 3.16. The van der Waals surface area contributed by atoms with Crippen LogP contribution in [0.5, 0.6) is 0 Å². The van der Waals surface area contributed by atoms with Crippen molar-refractivity contribution in [1.82, 2.24) is 0 Å². The molecule has 0 saturated heterocycles. The van der Waals surface area contributed by atoms with Crippen molar-refractivity contribution in [2.24, 2.45) is 0 Å². The van der Waals surface area contributed by atoms with Crippen LogP contribution in [0.15, 0.2) is 60.7 Å². The van der Waals surface area contributed by atoms with Gasteiger partial charge in [-0.25, -0.2) is 12.2 Å². The monoisotopic (exact) mass is 236 g/mol. The number of fused-ring (bicyclic) bond motifs is 1. The van der Waals surface area contributed by atoms with Crippen LogP contribution < -0.4 is 0 Å². The minimum Gasteiger partial charge on any atom is -0.273 e. The summed E-state index contributed by atoms with van der Waals surface area (Å²) in [7, 11) is 0. The van der Waals surface area contributed by atoms with E-state index in [1.165, 1.54) is 10.8 Å². The summed E-state index contributed by atoms with van der Waals surface area (Å²) in [5.41, 5.74) is 0. The molecule has 76 valence electrons. The van der Waals surface area contributed by atoms with Gasteiger partial charge in [-0.05, 0) is 0 Å². The van der Waals surface area contributed by atoms with E-state index in [2.05, 4.69) is 54.6 Å². The van der Waals surface area contributed by atoms with Gasteiger partial charge in [0.05, 0.1) is 0 Å². The summed E-state index contributed by atoms with van der Waals surface area (Å²) in [5.74, 6) is 0. The van der Waals surface area contributed by atoms with Gasteiger partial charge in [0.15, 0.2) is 0 Å². The molecular weight excluding hydrogens is 224 g/mol. The molecule has 0 bridgehead atoms. The summed E-state index contributed by atoms with van der Waals surface area (Å²) >= 11 is 0. The van der Waals surface area contributed by atoms with Gasteiger partial charge in [-0.15, -0.1) is 36.1 Å². The van der Waals surface area contributed by atoms with Crippen LogP contribution in [0.4, 0.5) is 0 Å².